The number of imidazole rings is 1. The summed E-state index contributed by atoms with van der Waals surface area (Å²) >= 11 is 0. The quantitative estimate of drug-likeness (QED) is 0.303. The van der Waals surface area contributed by atoms with Crippen LogP contribution in [0.15, 0.2) is 36.9 Å². The number of carbonyl (C=O) groups is 1. The van der Waals surface area contributed by atoms with Gasteiger partial charge in [-0.2, -0.15) is 8.42 Å². The fourth-order valence-corrected chi connectivity index (χ4v) is 2.55. The first-order valence-electron chi connectivity index (χ1n) is 9.10. The van der Waals surface area contributed by atoms with Gasteiger partial charge in [0.25, 0.3) is 5.91 Å². The van der Waals surface area contributed by atoms with Gasteiger partial charge in [-0.25, -0.2) is 4.98 Å². The van der Waals surface area contributed by atoms with E-state index in [1.807, 2.05) is 10.8 Å². The van der Waals surface area contributed by atoms with Gasteiger partial charge in [-0.15, -0.1) is 0 Å². The number of nitrogens with zero attached hydrogens (tertiary/aromatic N) is 2. The Bertz CT molecular complexity index is 880. The Labute approximate surface area is 175 Å². The Hall–Kier alpha value is -2.51. The second-order valence-electron chi connectivity index (χ2n) is 6.67. The molecule has 0 saturated heterocycles. The number of aliphatic hydroxyl groups excluding tert-OH is 1. The number of aromatic hydroxyl groups is 1. The Morgan fingerprint density at radius 2 is 1.93 bits per heavy atom. The molecule has 30 heavy (non-hydrogen) atoms. The van der Waals surface area contributed by atoms with Crippen molar-refractivity contribution < 1.29 is 32.5 Å². The molecule has 2 unspecified atom stereocenters. The summed E-state index contributed by atoms with van der Waals surface area (Å²) in [6.45, 7) is 4.24. The summed E-state index contributed by atoms with van der Waals surface area (Å²) in [6, 6.07) is 4.57. The number of aryl methyl sites for hydroxylation is 1. The van der Waals surface area contributed by atoms with Crippen molar-refractivity contribution in [2.45, 2.75) is 26.0 Å². The van der Waals surface area contributed by atoms with Crippen molar-refractivity contribution in [2.24, 2.45) is 5.92 Å². The molecular weight excluding hydrogens is 416 g/mol. The minimum absolute atomic E-state index is 0.101. The van der Waals surface area contributed by atoms with Crippen LogP contribution in [-0.4, -0.2) is 63.3 Å². The van der Waals surface area contributed by atoms with Crippen LogP contribution in [0.5, 0.6) is 5.75 Å². The molecule has 0 spiro atoms. The predicted octanol–water partition coefficient (Wildman–Crippen LogP) is 0.645. The molecule has 1 heterocycles. The van der Waals surface area contributed by atoms with Crippen molar-refractivity contribution in [2.75, 3.05) is 20.1 Å². The van der Waals surface area contributed by atoms with Gasteiger partial charge >= 0.3 is 10.4 Å². The number of phenolic OH excluding ortho intramolecular Hbond substituents is 1. The minimum atomic E-state index is -4.67. The van der Waals surface area contributed by atoms with E-state index in [4.69, 9.17) is 17.5 Å². The van der Waals surface area contributed by atoms with Gasteiger partial charge < -0.3 is 25.4 Å². The first kappa shape index (κ1) is 25.5. The lowest BCUT2D eigenvalue weighted by atomic mass is 10.0. The molecule has 12 heteroatoms. The fraction of sp³-hybridized carbons (Fsp3) is 0.444. The summed E-state index contributed by atoms with van der Waals surface area (Å²) in [5.74, 6) is -0.0279. The van der Waals surface area contributed by atoms with Gasteiger partial charge in [0, 0.05) is 32.5 Å². The van der Waals surface area contributed by atoms with E-state index in [0.29, 0.717) is 18.0 Å². The molecule has 0 radical (unpaired) electrons. The van der Waals surface area contributed by atoms with E-state index in [9.17, 15) is 15.0 Å². The highest BCUT2D eigenvalue weighted by Gasteiger charge is 2.14. The smallest absolute Gasteiger partial charge is 0.394 e. The molecule has 0 fully saturated rings. The molecule has 2 aromatic rings. The third-order valence-electron chi connectivity index (χ3n) is 4.15. The van der Waals surface area contributed by atoms with Crippen LogP contribution >= 0.6 is 0 Å². The predicted molar refractivity (Wildman–Crippen MR) is 110 cm³/mol. The molecule has 11 nitrogen and oxygen atoms in total. The van der Waals surface area contributed by atoms with E-state index in [1.165, 1.54) is 19.2 Å². The number of aromatic nitrogens is 2. The van der Waals surface area contributed by atoms with Crippen LogP contribution in [0.1, 0.15) is 35.4 Å². The van der Waals surface area contributed by atoms with E-state index in [0.717, 1.165) is 19.5 Å². The van der Waals surface area contributed by atoms with Gasteiger partial charge in [-0.05, 0) is 36.6 Å². The van der Waals surface area contributed by atoms with Gasteiger partial charge in [0.1, 0.15) is 5.75 Å². The lowest BCUT2D eigenvalue weighted by Gasteiger charge is -2.17. The zero-order valence-corrected chi connectivity index (χ0v) is 17.6. The van der Waals surface area contributed by atoms with E-state index in [2.05, 4.69) is 22.5 Å². The van der Waals surface area contributed by atoms with Gasteiger partial charge in [0.05, 0.1) is 18.0 Å². The van der Waals surface area contributed by atoms with Crippen LogP contribution in [0.25, 0.3) is 0 Å². The Morgan fingerprint density at radius 1 is 1.27 bits per heavy atom. The highest BCUT2D eigenvalue weighted by Crippen LogP contribution is 2.22. The molecule has 0 aliphatic heterocycles. The molecule has 0 bridgehead atoms. The normalized spacial score (nSPS) is 13.1. The SMILES string of the molecule is CNC(=O)c1cc(C(O)CNCC(C)CCn2ccnc2)ccc1O.O=S(=O)(O)O. The summed E-state index contributed by atoms with van der Waals surface area (Å²) < 4.78 is 33.6. The Kier molecular flexibility index (Phi) is 10.4. The van der Waals surface area contributed by atoms with Crippen LogP contribution in [0.4, 0.5) is 0 Å². The van der Waals surface area contributed by atoms with Crippen LogP contribution in [0, 0.1) is 5.92 Å². The number of phenols is 1. The van der Waals surface area contributed by atoms with E-state index in [-0.39, 0.29) is 17.2 Å². The molecule has 0 saturated carbocycles. The van der Waals surface area contributed by atoms with Crippen LogP contribution < -0.4 is 10.6 Å². The van der Waals surface area contributed by atoms with Crippen molar-refractivity contribution in [1.29, 1.82) is 0 Å². The van der Waals surface area contributed by atoms with Gasteiger partial charge in [0.2, 0.25) is 0 Å². The van der Waals surface area contributed by atoms with Crippen molar-refractivity contribution >= 4 is 16.3 Å². The molecule has 1 aromatic carbocycles. The number of rotatable bonds is 9. The van der Waals surface area contributed by atoms with Crippen molar-refractivity contribution in [3.63, 3.8) is 0 Å². The Balaban J connectivity index is 0.000000804. The third-order valence-corrected chi connectivity index (χ3v) is 4.15. The first-order valence-corrected chi connectivity index (χ1v) is 10.5. The molecule has 1 amide bonds. The van der Waals surface area contributed by atoms with Crippen LogP contribution in [0.2, 0.25) is 0 Å². The van der Waals surface area contributed by atoms with Gasteiger partial charge in [0.15, 0.2) is 0 Å². The topological polar surface area (TPSA) is 174 Å². The lowest BCUT2D eigenvalue weighted by Crippen LogP contribution is -2.27. The lowest BCUT2D eigenvalue weighted by molar-refractivity contribution is 0.0960. The number of hydrogen-bond acceptors (Lipinski definition) is 7. The van der Waals surface area contributed by atoms with Crippen molar-refractivity contribution in [3.8, 4) is 5.75 Å². The maximum atomic E-state index is 11.7. The van der Waals surface area contributed by atoms with Crippen molar-refractivity contribution in [3.05, 3.63) is 48.0 Å². The van der Waals surface area contributed by atoms with Crippen LogP contribution in [-0.2, 0) is 16.9 Å². The second-order valence-corrected chi connectivity index (χ2v) is 7.57. The van der Waals surface area contributed by atoms with E-state index in [1.54, 1.807) is 18.6 Å². The molecule has 2 rings (SSSR count). The largest absolute Gasteiger partial charge is 0.507 e. The zero-order valence-electron chi connectivity index (χ0n) is 16.8. The summed E-state index contributed by atoms with van der Waals surface area (Å²) in [7, 11) is -3.17. The monoisotopic (exact) mass is 444 g/mol. The average Bonchev–Trinajstić information content (AvgIpc) is 3.18. The average molecular weight is 445 g/mol. The summed E-state index contributed by atoms with van der Waals surface area (Å²) in [6.07, 6.45) is 5.78. The summed E-state index contributed by atoms with van der Waals surface area (Å²) in [5, 5.41) is 25.8. The standard InChI is InChI=1S/C18H26N4O3.H2O4S/c1-13(5-7-22-8-6-20-12-22)10-21-11-17(24)14-3-4-16(23)15(9-14)18(25)19-2;1-5(2,3)4/h3-4,6,8-9,12-13,17,21,23-24H,5,7,10-11H2,1-2H3,(H,19,25);(H2,1,2,3,4). The molecule has 168 valence electrons. The summed E-state index contributed by atoms with van der Waals surface area (Å²) in [5.41, 5.74) is 0.753. The van der Waals surface area contributed by atoms with E-state index < -0.39 is 16.5 Å². The van der Waals surface area contributed by atoms with Gasteiger partial charge in [-0.1, -0.05) is 13.0 Å². The summed E-state index contributed by atoms with van der Waals surface area (Å²) in [4.78, 5) is 15.7. The fourth-order valence-electron chi connectivity index (χ4n) is 2.55. The number of hydrogen-bond donors (Lipinski definition) is 6. The number of aliphatic hydroxyl groups is 1. The minimum Gasteiger partial charge on any atom is -0.507 e. The van der Waals surface area contributed by atoms with E-state index >= 15 is 0 Å². The number of benzene rings is 1. The molecule has 0 aliphatic carbocycles. The molecule has 6 N–H and O–H groups in total. The molecular formula is C18H28N4O7S. The first-order chi connectivity index (χ1) is 14.0. The highest BCUT2D eigenvalue weighted by molar-refractivity contribution is 7.79. The molecule has 0 aliphatic rings. The maximum absolute atomic E-state index is 11.7. The number of carbonyl (C=O) groups excluding carboxylic acids is 1. The number of nitrogens with one attached hydrogen (secondary N) is 2. The Morgan fingerprint density at radius 3 is 2.50 bits per heavy atom. The number of amides is 1. The zero-order chi connectivity index (χ0) is 22.7. The maximum Gasteiger partial charge on any atom is 0.394 e. The molecule has 1 aromatic heterocycles. The third kappa shape index (κ3) is 10.3. The highest BCUT2D eigenvalue weighted by atomic mass is 32.3. The van der Waals surface area contributed by atoms with Crippen LogP contribution in [0.3, 0.4) is 0 Å². The van der Waals surface area contributed by atoms with Gasteiger partial charge in [-0.3, -0.25) is 13.9 Å². The second kappa shape index (κ2) is 12.2. The van der Waals surface area contributed by atoms with Crippen molar-refractivity contribution in [1.82, 2.24) is 20.2 Å². The molecule has 2 atom stereocenters.